The summed E-state index contributed by atoms with van der Waals surface area (Å²) in [6.07, 6.45) is 0.746. The van der Waals surface area contributed by atoms with Crippen molar-refractivity contribution in [1.29, 1.82) is 0 Å². The fourth-order valence-corrected chi connectivity index (χ4v) is 2.10. The first-order valence-electron chi connectivity index (χ1n) is 5.95. The number of nitrogens with zero attached hydrogens (tertiary/aromatic N) is 2. The van der Waals surface area contributed by atoms with Crippen molar-refractivity contribution in [3.05, 3.63) is 11.8 Å². The zero-order valence-corrected chi connectivity index (χ0v) is 10.2. The number of nitrogens with one attached hydrogen (secondary N) is 2. The molecule has 0 bridgehead atoms. The molecule has 0 unspecified atom stereocenters. The van der Waals surface area contributed by atoms with Crippen molar-refractivity contribution in [2.75, 3.05) is 10.7 Å². The van der Waals surface area contributed by atoms with Gasteiger partial charge in [-0.1, -0.05) is 0 Å². The highest BCUT2D eigenvalue weighted by molar-refractivity contribution is 5.42. The van der Waals surface area contributed by atoms with Gasteiger partial charge in [0, 0.05) is 30.6 Å². The summed E-state index contributed by atoms with van der Waals surface area (Å²) in [5.74, 6) is 3.68. The molecule has 0 amide bonds. The van der Waals surface area contributed by atoms with Crippen LogP contribution < -0.4 is 16.6 Å². The van der Waals surface area contributed by atoms with Crippen LogP contribution in [0, 0.1) is 6.92 Å². The Hall–Kier alpha value is -1.50. The third-order valence-corrected chi connectivity index (χ3v) is 3.05. The molecule has 0 saturated heterocycles. The molecule has 0 atom stereocenters. The predicted octanol–water partition coefficient (Wildman–Crippen LogP) is 2.06. The Morgan fingerprint density at radius 3 is 2.61 bits per heavy atom. The van der Waals surface area contributed by atoms with E-state index in [4.69, 9.17) is 5.84 Å². The van der Waals surface area contributed by atoms with Crippen LogP contribution in [0.2, 0.25) is 0 Å². The second-order valence-electron chi connectivity index (χ2n) is 4.64. The van der Waals surface area contributed by atoms with Gasteiger partial charge in [0.15, 0.2) is 0 Å². The summed E-state index contributed by atoms with van der Waals surface area (Å²) < 4.78 is 26.0. The molecule has 100 valence electrons. The third kappa shape index (κ3) is 3.25. The fraction of sp³-hybridized carbons (Fsp3) is 0.636. The van der Waals surface area contributed by atoms with Crippen LogP contribution in [-0.2, 0) is 0 Å². The lowest BCUT2D eigenvalue weighted by Gasteiger charge is -2.29. The van der Waals surface area contributed by atoms with Gasteiger partial charge in [-0.3, -0.25) is 5.43 Å². The minimum atomic E-state index is -2.51. The number of hydrogen-bond acceptors (Lipinski definition) is 5. The number of nitrogen functional groups attached to an aromatic ring is 1. The number of hydrogen-bond donors (Lipinski definition) is 3. The molecule has 2 rings (SSSR count). The summed E-state index contributed by atoms with van der Waals surface area (Å²) in [6.45, 7) is 1.82. The number of aryl methyl sites for hydroxylation is 1. The molecular weight excluding hydrogens is 240 g/mol. The molecule has 5 nitrogen and oxygen atoms in total. The van der Waals surface area contributed by atoms with Crippen molar-refractivity contribution >= 4 is 11.8 Å². The highest BCUT2D eigenvalue weighted by Crippen LogP contribution is 2.34. The molecule has 1 saturated carbocycles. The van der Waals surface area contributed by atoms with Crippen molar-refractivity contribution < 1.29 is 8.78 Å². The SMILES string of the molecule is Cc1cc(NC2CCC(F)(F)CC2)nc(NN)n1. The lowest BCUT2D eigenvalue weighted by atomic mass is 9.92. The maximum atomic E-state index is 13.0. The zero-order valence-electron chi connectivity index (χ0n) is 10.2. The molecule has 1 aromatic heterocycles. The summed E-state index contributed by atoms with van der Waals surface area (Å²) in [7, 11) is 0. The smallest absolute Gasteiger partial charge is 0.248 e. The molecule has 0 radical (unpaired) electrons. The number of halogens is 2. The first-order valence-corrected chi connectivity index (χ1v) is 5.95. The lowest BCUT2D eigenvalue weighted by Crippen LogP contribution is -2.32. The van der Waals surface area contributed by atoms with Gasteiger partial charge in [0.1, 0.15) is 5.82 Å². The van der Waals surface area contributed by atoms with Gasteiger partial charge in [-0.2, -0.15) is 4.98 Å². The van der Waals surface area contributed by atoms with Gasteiger partial charge in [-0.05, 0) is 19.8 Å². The number of anilines is 2. The Morgan fingerprint density at radius 2 is 2.00 bits per heavy atom. The van der Waals surface area contributed by atoms with E-state index in [1.807, 2.05) is 6.92 Å². The Bertz CT molecular complexity index is 414. The molecule has 1 aromatic rings. The highest BCUT2D eigenvalue weighted by atomic mass is 19.3. The minimum absolute atomic E-state index is 0.0320. The topological polar surface area (TPSA) is 75.9 Å². The standard InChI is InChI=1S/C11H17F2N5/c1-7-6-9(17-10(15-7)18-14)16-8-2-4-11(12,13)5-3-8/h6,8H,2-5,14H2,1H3,(H2,15,16,17,18). The molecule has 0 aliphatic heterocycles. The largest absolute Gasteiger partial charge is 0.367 e. The number of nitrogens with two attached hydrogens (primary N) is 1. The third-order valence-electron chi connectivity index (χ3n) is 3.05. The van der Waals surface area contributed by atoms with Gasteiger partial charge in [0.25, 0.3) is 0 Å². The maximum Gasteiger partial charge on any atom is 0.248 e. The van der Waals surface area contributed by atoms with Gasteiger partial charge in [-0.15, -0.1) is 0 Å². The molecule has 1 heterocycles. The summed E-state index contributed by atoms with van der Waals surface area (Å²) >= 11 is 0. The predicted molar refractivity (Wildman–Crippen MR) is 65.4 cm³/mol. The quantitative estimate of drug-likeness (QED) is 0.571. The average Bonchev–Trinajstić information content (AvgIpc) is 2.31. The van der Waals surface area contributed by atoms with E-state index >= 15 is 0 Å². The monoisotopic (exact) mass is 257 g/mol. The van der Waals surface area contributed by atoms with Crippen LogP contribution in [0.5, 0.6) is 0 Å². The second-order valence-corrected chi connectivity index (χ2v) is 4.64. The van der Waals surface area contributed by atoms with Crippen LogP contribution in [0.3, 0.4) is 0 Å². The van der Waals surface area contributed by atoms with Gasteiger partial charge >= 0.3 is 0 Å². The van der Waals surface area contributed by atoms with Crippen molar-refractivity contribution in [3.63, 3.8) is 0 Å². The van der Waals surface area contributed by atoms with E-state index in [0.29, 0.717) is 24.6 Å². The molecule has 0 aromatic carbocycles. The van der Waals surface area contributed by atoms with E-state index in [1.54, 1.807) is 6.07 Å². The maximum absolute atomic E-state index is 13.0. The molecule has 1 fully saturated rings. The summed E-state index contributed by atoms with van der Waals surface area (Å²) in [4.78, 5) is 8.20. The number of hydrazine groups is 1. The molecule has 1 aliphatic rings. The Kier molecular flexibility index (Phi) is 3.60. The highest BCUT2D eigenvalue weighted by Gasteiger charge is 2.34. The normalized spacial score (nSPS) is 19.6. The van der Waals surface area contributed by atoms with E-state index < -0.39 is 5.92 Å². The van der Waals surface area contributed by atoms with Crippen LogP contribution in [0.25, 0.3) is 0 Å². The molecular formula is C11H17F2N5. The summed E-state index contributed by atoms with van der Waals surface area (Å²) in [5, 5.41) is 3.15. The number of aromatic nitrogens is 2. The summed E-state index contributed by atoms with van der Waals surface area (Å²) in [6, 6.07) is 1.80. The lowest BCUT2D eigenvalue weighted by molar-refractivity contribution is -0.0361. The van der Waals surface area contributed by atoms with Crippen LogP contribution >= 0.6 is 0 Å². The molecule has 7 heteroatoms. The Morgan fingerprint density at radius 1 is 1.33 bits per heavy atom. The van der Waals surface area contributed by atoms with Gasteiger partial charge in [0.2, 0.25) is 11.9 Å². The van der Waals surface area contributed by atoms with Crippen LogP contribution in [0.15, 0.2) is 6.07 Å². The zero-order chi connectivity index (χ0) is 13.2. The van der Waals surface area contributed by atoms with E-state index in [0.717, 1.165) is 5.69 Å². The van der Waals surface area contributed by atoms with Crippen molar-refractivity contribution in [3.8, 4) is 0 Å². The molecule has 4 N–H and O–H groups in total. The van der Waals surface area contributed by atoms with E-state index in [1.165, 1.54) is 0 Å². The second kappa shape index (κ2) is 5.01. The number of rotatable bonds is 3. The molecule has 0 spiro atoms. The average molecular weight is 257 g/mol. The first-order chi connectivity index (χ1) is 8.48. The van der Waals surface area contributed by atoms with E-state index in [-0.39, 0.29) is 18.9 Å². The van der Waals surface area contributed by atoms with E-state index in [2.05, 4.69) is 20.7 Å². The van der Waals surface area contributed by atoms with Crippen molar-refractivity contribution in [2.45, 2.75) is 44.6 Å². The molecule has 1 aliphatic carbocycles. The Labute approximate surface area is 104 Å². The Balaban J connectivity index is 2.00. The van der Waals surface area contributed by atoms with Crippen LogP contribution in [0.1, 0.15) is 31.4 Å². The van der Waals surface area contributed by atoms with Gasteiger partial charge < -0.3 is 5.32 Å². The summed E-state index contributed by atoms with van der Waals surface area (Å²) in [5.41, 5.74) is 3.14. The minimum Gasteiger partial charge on any atom is -0.367 e. The van der Waals surface area contributed by atoms with Crippen LogP contribution in [-0.4, -0.2) is 21.9 Å². The van der Waals surface area contributed by atoms with E-state index in [9.17, 15) is 8.78 Å². The van der Waals surface area contributed by atoms with Crippen molar-refractivity contribution in [1.82, 2.24) is 9.97 Å². The van der Waals surface area contributed by atoms with Gasteiger partial charge in [0.05, 0.1) is 0 Å². The first kappa shape index (κ1) is 12.9. The van der Waals surface area contributed by atoms with Crippen LogP contribution in [0.4, 0.5) is 20.5 Å². The number of alkyl halides is 2. The van der Waals surface area contributed by atoms with Gasteiger partial charge in [-0.25, -0.2) is 19.6 Å². The van der Waals surface area contributed by atoms with Crippen molar-refractivity contribution in [2.24, 2.45) is 5.84 Å². The fourth-order valence-electron chi connectivity index (χ4n) is 2.10. The molecule has 18 heavy (non-hydrogen) atoms.